The summed E-state index contributed by atoms with van der Waals surface area (Å²) in [6.07, 6.45) is -3.91. The summed E-state index contributed by atoms with van der Waals surface area (Å²) >= 11 is 0.856. The maximum absolute atomic E-state index is 15.9. The number of hydrogen-bond donors (Lipinski definition) is 2. The molecule has 0 bridgehead atoms. The first-order valence-electron chi connectivity index (χ1n) is 12.0. The molecule has 3 rings (SSSR count). The average Bonchev–Trinajstić information content (AvgIpc) is 3.30. The lowest BCUT2D eigenvalue weighted by atomic mass is 9.88. The van der Waals surface area contributed by atoms with E-state index in [-0.39, 0.29) is 37.5 Å². The van der Waals surface area contributed by atoms with Gasteiger partial charge in [0.1, 0.15) is 20.5 Å². The molecule has 13 heteroatoms. The van der Waals surface area contributed by atoms with Crippen molar-refractivity contribution in [1.82, 2.24) is 9.97 Å². The van der Waals surface area contributed by atoms with Gasteiger partial charge >= 0.3 is 6.18 Å². The number of aliphatic hydroxyl groups is 1. The quantitative estimate of drug-likeness (QED) is 0.315. The molecule has 0 fully saturated rings. The van der Waals surface area contributed by atoms with Gasteiger partial charge in [0, 0.05) is 11.3 Å². The summed E-state index contributed by atoms with van der Waals surface area (Å²) in [7, 11) is -3.72. The van der Waals surface area contributed by atoms with Crippen LogP contribution >= 0.6 is 11.3 Å². The Morgan fingerprint density at radius 1 is 1.18 bits per heavy atom. The molecule has 2 aromatic heterocycles. The number of nitrogens with zero attached hydrogens (tertiary/aromatic N) is 3. The third-order valence-corrected chi connectivity index (χ3v) is 8.99. The molecule has 0 spiro atoms. The van der Waals surface area contributed by atoms with Crippen LogP contribution in [0.15, 0.2) is 39.0 Å². The van der Waals surface area contributed by atoms with Crippen LogP contribution in [0.25, 0.3) is 11.3 Å². The van der Waals surface area contributed by atoms with E-state index < -0.39 is 51.3 Å². The maximum Gasteiger partial charge on any atom is 0.416 e. The Balaban J connectivity index is 2.13. The zero-order valence-electron chi connectivity index (χ0n) is 22.3. The summed E-state index contributed by atoms with van der Waals surface area (Å²) in [5.41, 5.74) is -1.93. The summed E-state index contributed by atoms with van der Waals surface area (Å²) in [6, 6.07) is 4.25. The van der Waals surface area contributed by atoms with Crippen LogP contribution in [-0.4, -0.2) is 25.2 Å². The number of carbonyl (C=O) groups excluding carboxylic acids is 1. The molecule has 0 aliphatic carbocycles. The molecule has 2 heterocycles. The lowest BCUT2D eigenvalue weighted by Gasteiger charge is -2.21. The van der Waals surface area contributed by atoms with Crippen LogP contribution < -0.4 is 5.14 Å². The van der Waals surface area contributed by atoms with Crippen molar-refractivity contribution in [3.05, 3.63) is 63.7 Å². The highest BCUT2D eigenvalue weighted by Gasteiger charge is 2.32. The highest BCUT2D eigenvalue weighted by molar-refractivity contribution is 7.93. The van der Waals surface area contributed by atoms with E-state index in [4.69, 9.17) is 5.14 Å². The van der Waals surface area contributed by atoms with Gasteiger partial charge in [-0.25, -0.2) is 23.7 Å². The van der Waals surface area contributed by atoms with Crippen molar-refractivity contribution in [3.63, 3.8) is 0 Å². The summed E-state index contributed by atoms with van der Waals surface area (Å²) in [4.78, 5) is 21.4. The minimum absolute atomic E-state index is 0.00894. The van der Waals surface area contributed by atoms with E-state index in [1.54, 1.807) is 27.7 Å². The number of pyridine rings is 1. The maximum atomic E-state index is 15.9. The van der Waals surface area contributed by atoms with Gasteiger partial charge in [-0.3, -0.25) is 4.79 Å². The van der Waals surface area contributed by atoms with Gasteiger partial charge < -0.3 is 5.11 Å². The molecule has 1 aromatic carbocycles. The molecule has 0 saturated heterocycles. The SMILES string of the molecule is CC(C)c1nc(-c2cccc(C(F)(F)F)c2)c(F)c(C(C)C)c1CC(=O)N=[S@](N)(=O)c1cnc(C(C)(C)O)s1. The second kappa shape index (κ2) is 11.0. The van der Waals surface area contributed by atoms with Gasteiger partial charge in [0.15, 0.2) is 15.7 Å². The fraction of sp³-hybridized carbons (Fsp3) is 0.423. The molecule has 7 nitrogen and oxygen atoms in total. The van der Waals surface area contributed by atoms with Crippen LogP contribution in [-0.2, 0) is 32.9 Å². The normalized spacial score (nSPS) is 14.1. The number of aromatic nitrogens is 2. The smallest absolute Gasteiger partial charge is 0.383 e. The average molecular weight is 587 g/mol. The van der Waals surface area contributed by atoms with Gasteiger partial charge in [-0.1, -0.05) is 39.8 Å². The van der Waals surface area contributed by atoms with Crippen LogP contribution in [0.1, 0.15) is 80.8 Å². The number of thiazole rings is 1. The number of hydrogen-bond acceptors (Lipinski definition) is 6. The largest absolute Gasteiger partial charge is 0.416 e. The Hall–Kier alpha value is -2.74. The number of rotatable bonds is 7. The van der Waals surface area contributed by atoms with Crippen LogP contribution in [0, 0.1) is 5.82 Å². The molecular formula is C26H30F4N4O3S2. The van der Waals surface area contributed by atoms with E-state index in [9.17, 15) is 27.3 Å². The summed E-state index contributed by atoms with van der Waals surface area (Å²) in [5, 5.41) is 16.2. The Morgan fingerprint density at radius 3 is 2.33 bits per heavy atom. The molecule has 39 heavy (non-hydrogen) atoms. The molecule has 0 saturated carbocycles. The summed E-state index contributed by atoms with van der Waals surface area (Å²) in [5.74, 6) is -2.55. The number of nitrogens with two attached hydrogens (primary N) is 1. The van der Waals surface area contributed by atoms with Gasteiger partial charge in [0.25, 0.3) is 5.91 Å². The molecule has 212 valence electrons. The number of halogens is 4. The molecule has 0 unspecified atom stereocenters. The molecule has 0 aliphatic rings. The first-order chi connectivity index (χ1) is 17.8. The van der Waals surface area contributed by atoms with Gasteiger partial charge in [0.05, 0.1) is 18.2 Å². The van der Waals surface area contributed by atoms with Crippen molar-refractivity contribution in [2.75, 3.05) is 0 Å². The van der Waals surface area contributed by atoms with Gasteiger partial charge in [0.2, 0.25) is 0 Å². The lowest BCUT2D eigenvalue weighted by Crippen LogP contribution is -2.18. The zero-order valence-corrected chi connectivity index (χ0v) is 23.9. The molecule has 3 aromatic rings. The summed E-state index contributed by atoms with van der Waals surface area (Å²) in [6.45, 7) is 9.86. The van der Waals surface area contributed by atoms with Crippen molar-refractivity contribution in [2.45, 2.75) is 75.8 Å². The van der Waals surface area contributed by atoms with Crippen LogP contribution in [0.2, 0.25) is 0 Å². The number of benzene rings is 1. The van der Waals surface area contributed by atoms with E-state index in [0.29, 0.717) is 5.69 Å². The Kier molecular flexibility index (Phi) is 8.71. The van der Waals surface area contributed by atoms with Crippen molar-refractivity contribution < 1.29 is 31.7 Å². The Morgan fingerprint density at radius 2 is 1.82 bits per heavy atom. The molecule has 0 radical (unpaired) electrons. The number of carbonyl (C=O) groups is 1. The molecular weight excluding hydrogens is 556 g/mol. The lowest BCUT2D eigenvalue weighted by molar-refractivity contribution is -0.137. The van der Waals surface area contributed by atoms with Crippen molar-refractivity contribution in [3.8, 4) is 11.3 Å². The Labute approximate surface area is 228 Å². The van der Waals surface area contributed by atoms with Crippen molar-refractivity contribution in [2.24, 2.45) is 9.50 Å². The Bertz CT molecular complexity index is 1520. The number of alkyl halides is 3. The third-order valence-electron chi connectivity index (χ3n) is 5.76. The second-order valence-electron chi connectivity index (χ2n) is 10.2. The first kappa shape index (κ1) is 30.8. The van der Waals surface area contributed by atoms with E-state index >= 15 is 4.39 Å². The van der Waals surface area contributed by atoms with Gasteiger partial charge in [-0.2, -0.15) is 13.2 Å². The van der Waals surface area contributed by atoms with E-state index in [0.717, 1.165) is 23.5 Å². The van der Waals surface area contributed by atoms with E-state index in [2.05, 4.69) is 14.3 Å². The number of amides is 1. The molecule has 3 N–H and O–H groups in total. The predicted octanol–water partition coefficient (Wildman–Crippen LogP) is 6.31. The van der Waals surface area contributed by atoms with E-state index in [1.807, 2.05) is 0 Å². The monoisotopic (exact) mass is 586 g/mol. The highest BCUT2D eigenvalue weighted by Crippen LogP contribution is 2.37. The molecule has 0 aliphatic heterocycles. The van der Waals surface area contributed by atoms with Crippen molar-refractivity contribution in [1.29, 1.82) is 0 Å². The fourth-order valence-corrected chi connectivity index (χ4v) is 6.13. The predicted molar refractivity (Wildman–Crippen MR) is 142 cm³/mol. The molecule has 1 atom stereocenters. The highest BCUT2D eigenvalue weighted by atomic mass is 32.2. The van der Waals surface area contributed by atoms with Gasteiger partial charge in [-0.05, 0) is 48.9 Å². The second-order valence-corrected chi connectivity index (χ2v) is 13.3. The van der Waals surface area contributed by atoms with Crippen LogP contribution in [0.3, 0.4) is 0 Å². The topological polar surface area (TPSA) is 119 Å². The first-order valence-corrected chi connectivity index (χ1v) is 14.4. The van der Waals surface area contributed by atoms with Gasteiger partial charge in [-0.15, -0.1) is 15.7 Å². The van der Waals surface area contributed by atoms with Crippen LogP contribution in [0.5, 0.6) is 0 Å². The van der Waals surface area contributed by atoms with Crippen molar-refractivity contribution >= 4 is 27.2 Å². The minimum Gasteiger partial charge on any atom is -0.383 e. The fourth-order valence-electron chi connectivity index (χ4n) is 3.99. The van der Waals surface area contributed by atoms with E-state index in [1.165, 1.54) is 32.2 Å². The summed E-state index contributed by atoms with van der Waals surface area (Å²) < 4.78 is 72.6. The zero-order chi connectivity index (χ0) is 29.5. The van der Waals surface area contributed by atoms with Crippen LogP contribution in [0.4, 0.5) is 17.6 Å². The standard InChI is InChI=1S/C26H30F4N4O3S2/c1-13(2)20-17(11-18(35)34-39(31,37)19-12-32-24(38-19)25(5,6)36)22(14(3)4)33-23(21(20)27)15-8-7-9-16(10-15)26(28,29)30/h7-10,12-14,36H,11H2,1-6H3,(H2,31,34,35,37)/t39-/m0/s1. The minimum atomic E-state index is -4.62. The molecule has 1 amide bonds. The third kappa shape index (κ3) is 6.89.